The van der Waals surface area contributed by atoms with Gasteiger partial charge < -0.3 is 5.32 Å². The summed E-state index contributed by atoms with van der Waals surface area (Å²) in [7, 11) is 0. The zero-order valence-corrected chi connectivity index (χ0v) is 11.6. The second-order valence-electron chi connectivity index (χ2n) is 4.82. The Balaban J connectivity index is 1.87. The Hall–Kier alpha value is -1.74. The molecule has 0 aliphatic carbocycles. The van der Waals surface area contributed by atoms with E-state index in [1.807, 2.05) is 19.3 Å². The Morgan fingerprint density at radius 2 is 1.89 bits per heavy atom. The van der Waals surface area contributed by atoms with Crippen LogP contribution in [0.4, 0.5) is 0 Å². The second kappa shape index (κ2) is 7.00. The van der Waals surface area contributed by atoms with Crippen molar-refractivity contribution in [2.45, 2.75) is 39.3 Å². The third kappa shape index (κ3) is 4.45. The first-order chi connectivity index (χ1) is 9.28. The normalized spacial score (nSPS) is 12.3. The summed E-state index contributed by atoms with van der Waals surface area (Å²) in [5.41, 5.74) is 3.33. The summed E-state index contributed by atoms with van der Waals surface area (Å²) >= 11 is 0. The van der Waals surface area contributed by atoms with E-state index in [-0.39, 0.29) is 0 Å². The number of nitrogens with one attached hydrogen (secondary N) is 1. The average molecular weight is 255 g/mol. The maximum atomic E-state index is 4.37. The van der Waals surface area contributed by atoms with Gasteiger partial charge in [-0.05, 0) is 25.3 Å². The van der Waals surface area contributed by atoms with E-state index in [1.165, 1.54) is 5.56 Å². The first kappa shape index (κ1) is 13.7. The van der Waals surface area contributed by atoms with Gasteiger partial charge in [-0.2, -0.15) is 0 Å². The van der Waals surface area contributed by atoms with Crippen LogP contribution in [0.15, 0.2) is 42.7 Å². The Labute approximate surface area is 115 Å². The van der Waals surface area contributed by atoms with Crippen molar-refractivity contribution in [2.24, 2.45) is 0 Å². The average Bonchev–Trinajstić information content (AvgIpc) is 2.46. The van der Waals surface area contributed by atoms with E-state index >= 15 is 0 Å². The van der Waals surface area contributed by atoms with Crippen molar-refractivity contribution in [3.8, 4) is 0 Å². The van der Waals surface area contributed by atoms with Crippen LogP contribution in [-0.4, -0.2) is 16.0 Å². The van der Waals surface area contributed by atoms with Crippen LogP contribution in [0.3, 0.4) is 0 Å². The monoisotopic (exact) mass is 255 g/mol. The van der Waals surface area contributed by atoms with Crippen LogP contribution in [0.5, 0.6) is 0 Å². The standard InChI is InChI=1S/C16H21N3/c1-3-15(9-14-7-5-4-6-8-14)19-12-16-11-17-13(2)10-18-16/h4-8,10-11,15,19H,3,9,12H2,1-2H3. The lowest BCUT2D eigenvalue weighted by atomic mass is 10.0. The molecule has 0 bridgehead atoms. The number of hydrogen-bond donors (Lipinski definition) is 1. The number of aromatic nitrogens is 2. The van der Waals surface area contributed by atoms with Crippen LogP contribution in [0, 0.1) is 6.92 Å². The quantitative estimate of drug-likeness (QED) is 0.862. The molecule has 0 amide bonds. The molecule has 0 saturated carbocycles. The molecule has 1 heterocycles. The molecule has 0 saturated heterocycles. The minimum absolute atomic E-state index is 0.477. The molecule has 0 aliphatic rings. The molecule has 1 atom stereocenters. The van der Waals surface area contributed by atoms with Gasteiger partial charge in [-0.3, -0.25) is 9.97 Å². The molecule has 1 N–H and O–H groups in total. The summed E-state index contributed by atoms with van der Waals surface area (Å²) in [6.45, 7) is 4.94. The van der Waals surface area contributed by atoms with E-state index < -0.39 is 0 Å². The number of hydrogen-bond acceptors (Lipinski definition) is 3. The molecule has 1 unspecified atom stereocenters. The van der Waals surface area contributed by atoms with Gasteiger partial charge in [0.1, 0.15) is 0 Å². The van der Waals surface area contributed by atoms with Crippen molar-refractivity contribution in [3.05, 3.63) is 59.7 Å². The highest BCUT2D eigenvalue weighted by atomic mass is 14.9. The maximum Gasteiger partial charge on any atom is 0.0724 e. The molecule has 3 nitrogen and oxygen atoms in total. The Bertz CT molecular complexity index is 479. The van der Waals surface area contributed by atoms with Crippen LogP contribution in [0.2, 0.25) is 0 Å². The summed E-state index contributed by atoms with van der Waals surface area (Å²) < 4.78 is 0. The van der Waals surface area contributed by atoms with E-state index in [2.05, 4.69) is 52.5 Å². The summed E-state index contributed by atoms with van der Waals surface area (Å²) in [5.74, 6) is 0. The van der Waals surface area contributed by atoms with Crippen molar-refractivity contribution in [3.63, 3.8) is 0 Å². The molecule has 0 radical (unpaired) electrons. The molecule has 3 heteroatoms. The number of benzene rings is 1. The summed E-state index contributed by atoms with van der Waals surface area (Å²) in [5, 5.41) is 3.55. The van der Waals surface area contributed by atoms with Gasteiger partial charge >= 0.3 is 0 Å². The zero-order chi connectivity index (χ0) is 13.5. The Morgan fingerprint density at radius 3 is 2.53 bits per heavy atom. The van der Waals surface area contributed by atoms with Crippen LogP contribution in [0.1, 0.15) is 30.3 Å². The first-order valence-electron chi connectivity index (χ1n) is 6.82. The van der Waals surface area contributed by atoms with E-state index in [0.29, 0.717) is 6.04 Å². The van der Waals surface area contributed by atoms with Gasteiger partial charge in [0.05, 0.1) is 11.4 Å². The molecule has 0 spiro atoms. The van der Waals surface area contributed by atoms with E-state index in [9.17, 15) is 0 Å². The molecule has 0 fully saturated rings. The predicted octanol–water partition coefficient (Wildman–Crippen LogP) is 2.90. The topological polar surface area (TPSA) is 37.8 Å². The molecule has 2 aromatic rings. The summed E-state index contributed by atoms with van der Waals surface area (Å²) in [6, 6.07) is 11.1. The summed E-state index contributed by atoms with van der Waals surface area (Å²) in [6.07, 6.45) is 5.82. The van der Waals surface area contributed by atoms with Crippen molar-refractivity contribution < 1.29 is 0 Å². The maximum absolute atomic E-state index is 4.37. The van der Waals surface area contributed by atoms with E-state index in [0.717, 1.165) is 30.8 Å². The van der Waals surface area contributed by atoms with Crippen LogP contribution >= 0.6 is 0 Å². The highest BCUT2D eigenvalue weighted by molar-refractivity contribution is 5.16. The number of rotatable bonds is 6. The third-order valence-corrected chi connectivity index (χ3v) is 3.22. The molecular formula is C16H21N3. The fraction of sp³-hybridized carbons (Fsp3) is 0.375. The minimum Gasteiger partial charge on any atom is -0.308 e. The fourth-order valence-corrected chi connectivity index (χ4v) is 2.02. The molecule has 1 aromatic carbocycles. The van der Waals surface area contributed by atoms with Crippen molar-refractivity contribution >= 4 is 0 Å². The lowest BCUT2D eigenvalue weighted by Crippen LogP contribution is -2.30. The van der Waals surface area contributed by atoms with Gasteiger partial charge in [0.25, 0.3) is 0 Å². The van der Waals surface area contributed by atoms with Gasteiger partial charge in [-0.25, -0.2) is 0 Å². The largest absolute Gasteiger partial charge is 0.308 e. The van der Waals surface area contributed by atoms with Crippen LogP contribution < -0.4 is 5.32 Å². The molecule has 1 aromatic heterocycles. The van der Waals surface area contributed by atoms with E-state index in [4.69, 9.17) is 0 Å². The molecule has 19 heavy (non-hydrogen) atoms. The minimum atomic E-state index is 0.477. The van der Waals surface area contributed by atoms with Gasteiger partial charge in [0.15, 0.2) is 0 Å². The van der Waals surface area contributed by atoms with Crippen molar-refractivity contribution in [2.75, 3.05) is 0 Å². The van der Waals surface area contributed by atoms with Crippen LogP contribution in [-0.2, 0) is 13.0 Å². The SMILES string of the molecule is CCC(Cc1ccccc1)NCc1cnc(C)cn1. The van der Waals surface area contributed by atoms with Gasteiger partial charge in [-0.1, -0.05) is 37.3 Å². The second-order valence-corrected chi connectivity index (χ2v) is 4.82. The van der Waals surface area contributed by atoms with Gasteiger partial charge in [0.2, 0.25) is 0 Å². The van der Waals surface area contributed by atoms with Crippen molar-refractivity contribution in [1.29, 1.82) is 0 Å². The molecule has 100 valence electrons. The fourth-order valence-electron chi connectivity index (χ4n) is 2.02. The third-order valence-electron chi connectivity index (χ3n) is 3.22. The smallest absolute Gasteiger partial charge is 0.0724 e. The van der Waals surface area contributed by atoms with Crippen molar-refractivity contribution in [1.82, 2.24) is 15.3 Å². The highest BCUT2D eigenvalue weighted by Crippen LogP contribution is 2.06. The molecule has 0 aliphatic heterocycles. The predicted molar refractivity (Wildman–Crippen MR) is 77.8 cm³/mol. The lowest BCUT2D eigenvalue weighted by Gasteiger charge is -2.16. The lowest BCUT2D eigenvalue weighted by molar-refractivity contribution is 0.489. The first-order valence-corrected chi connectivity index (χ1v) is 6.82. The van der Waals surface area contributed by atoms with Crippen LogP contribution in [0.25, 0.3) is 0 Å². The van der Waals surface area contributed by atoms with E-state index in [1.54, 1.807) is 0 Å². The summed E-state index contributed by atoms with van der Waals surface area (Å²) in [4.78, 5) is 8.63. The van der Waals surface area contributed by atoms with Gasteiger partial charge in [0, 0.05) is 25.0 Å². The molecule has 2 rings (SSSR count). The Morgan fingerprint density at radius 1 is 1.11 bits per heavy atom. The van der Waals surface area contributed by atoms with Gasteiger partial charge in [-0.15, -0.1) is 0 Å². The number of nitrogens with zero attached hydrogens (tertiary/aromatic N) is 2. The highest BCUT2D eigenvalue weighted by Gasteiger charge is 2.07. The number of aryl methyl sites for hydroxylation is 1. The zero-order valence-electron chi connectivity index (χ0n) is 11.6. The molecular weight excluding hydrogens is 234 g/mol. The Kier molecular flexibility index (Phi) is 5.04.